The van der Waals surface area contributed by atoms with Gasteiger partial charge in [-0.25, -0.2) is 0 Å². The maximum absolute atomic E-state index is 9.66. The van der Waals surface area contributed by atoms with E-state index in [1.807, 2.05) is 0 Å². The molecule has 0 rings (SSSR count). The smallest absolute Gasteiger partial charge is 0.103 e. The number of aliphatic hydroxyl groups is 2. The zero-order valence-corrected chi connectivity index (χ0v) is 11.1. The van der Waals surface area contributed by atoms with Crippen molar-refractivity contribution in [2.24, 2.45) is 0 Å². The van der Waals surface area contributed by atoms with Crippen LogP contribution in [0.25, 0.3) is 0 Å². The van der Waals surface area contributed by atoms with Gasteiger partial charge in [-0.1, -0.05) is 51.5 Å². The van der Waals surface area contributed by atoms with E-state index in [1.165, 1.54) is 25.7 Å². The van der Waals surface area contributed by atoms with Gasteiger partial charge in [0.2, 0.25) is 0 Å². The van der Waals surface area contributed by atoms with Crippen LogP contribution in [-0.2, 0) is 4.74 Å². The van der Waals surface area contributed by atoms with Crippen molar-refractivity contribution in [2.75, 3.05) is 13.2 Å². The van der Waals surface area contributed by atoms with Crippen LogP contribution >= 0.6 is 0 Å². The zero-order chi connectivity index (χ0) is 12.9. The van der Waals surface area contributed by atoms with Gasteiger partial charge in [-0.3, -0.25) is 0 Å². The molecule has 2 atom stereocenters. The molecule has 0 aromatic rings. The van der Waals surface area contributed by atoms with Crippen LogP contribution in [0.5, 0.6) is 0 Å². The van der Waals surface area contributed by atoms with Gasteiger partial charge in [0.1, 0.15) is 6.10 Å². The zero-order valence-electron chi connectivity index (χ0n) is 11.1. The van der Waals surface area contributed by atoms with Crippen molar-refractivity contribution in [1.29, 1.82) is 0 Å². The van der Waals surface area contributed by atoms with Gasteiger partial charge in [-0.2, -0.15) is 0 Å². The summed E-state index contributed by atoms with van der Waals surface area (Å²) in [5.74, 6) is 0. The van der Waals surface area contributed by atoms with E-state index in [2.05, 4.69) is 13.5 Å². The molecule has 0 aliphatic rings. The largest absolute Gasteiger partial charge is 0.390 e. The fourth-order valence-electron chi connectivity index (χ4n) is 1.71. The van der Waals surface area contributed by atoms with E-state index in [4.69, 9.17) is 4.74 Å². The average Bonchev–Trinajstić information content (AvgIpc) is 2.33. The summed E-state index contributed by atoms with van der Waals surface area (Å²) < 4.78 is 5.10. The van der Waals surface area contributed by atoms with Crippen LogP contribution in [0, 0.1) is 0 Å². The quantitative estimate of drug-likeness (QED) is 0.410. The van der Waals surface area contributed by atoms with E-state index in [0.717, 1.165) is 12.8 Å². The first-order chi connectivity index (χ1) is 8.22. The van der Waals surface area contributed by atoms with Crippen molar-refractivity contribution in [3.63, 3.8) is 0 Å². The van der Waals surface area contributed by atoms with Gasteiger partial charge in [-0.15, -0.1) is 6.58 Å². The summed E-state index contributed by atoms with van der Waals surface area (Å²) in [6.07, 6.45) is 8.01. The van der Waals surface area contributed by atoms with Crippen LogP contribution in [0.1, 0.15) is 51.9 Å². The third-order valence-corrected chi connectivity index (χ3v) is 2.82. The second-order valence-corrected chi connectivity index (χ2v) is 4.52. The lowest BCUT2D eigenvalue weighted by Crippen LogP contribution is -2.30. The van der Waals surface area contributed by atoms with Gasteiger partial charge in [0, 0.05) is 0 Å². The summed E-state index contributed by atoms with van der Waals surface area (Å²) >= 11 is 0. The monoisotopic (exact) mass is 244 g/mol. The number of hydrogen-bond acceptors (Lipinski definition) is 3. The first-order valence-electron chi connectivity index (χ1n) is 6.77. The number of rotatable bonds is 12. The predicted molar refractivity (Wildman–Crippen MR) is 71.0 cm³/mol. The Morgan fingerprint density at radius 2 is 1.71 bits per heavy atom. The minimum Gasteiger partial charge on any atom is -0.390 e. The average molecular weight is 244 g/mol. The molecule has 0 heterocycles. The highest BCUT2D eigenvalue weighted by Crippen LogP contribution is 2.10. The Kier molecular flexibility index (Phi) is 11.8. The topological polar surface area (TPSA) is 49.7 Å². The number of ether oxygens (including phenoxy) is 1. The second-order valence-electron chi connectivity index (χ2n) is 4.52. The highest BCUT2D eigenvalue weighted by atomic mass is 16.5. The van der Waals surface area contributed by atoms with Gasteiger partial charge < -0.3 is 14.9 Å². The highest BCUT2D eigenvalue weighted by molar-refractivity contribution is 4.69. The first kappa shape index (κ1) is 16.6. The first-order valence-corrected chi connectivity index (χ1v) is 6.77. The minimum atomic E-state index is -0.773. The van der Waals surface area contributed by atoms with E-state index in [9.17, 15) is 10.2 Å². The molecule has 0 aliphatic heterocycles. The van der Waals surface area contributed by atoms with E-state index < -0.39 is 12.2 Å². The Bertz CT molecular complexity index is 171. The molecule has 0 bridgehead atoms. The maximum Gasteiger partial charge on any atom is 0.103 e. The molecule has 3 nitrogen and oxygen atoms in total. The number of unbranched alkanes of at least 4 members (excludes halogenated alkanes) is 5. The highest BCUT2D eigenvalue weighted by Gasteiger charge is 2.15. The summed E-state index contributed by atoms with van der Waals surface area (Å²) in [5, 5.41) is 19.2. The van der Waals surface area contributed by atoms with Gasteiger partial charge >= 0.3 is 0 Å². The molecule has 0 fully saturated rings. The fraction of sp³-hybridized carbons (Fsp3) is 0.857. The Balaban J connectivity index is 3.36. The molecule has 3 heteroatoms. The molecule has 2 N–H and O–H groups in total. The van der Waals surface area contributed by atoms with Gasteiger partial charge in [-0.05, 0) is 6.42 Å². The standard InChI is InChI=1S/C14H28O3/c1-3-5-6-7-8-9-10-13(15)14(16)12-17-11-4-2/h4,13-16H,2-3,5-12H2,1H3. The third-order valence-electron chi connectivity index (χ3n) is 2.82. The molecule has 0 saturated heterocycles. The molecule has 0 radical (unpaired) electrons. The Hall–Kier alpha value is -0.380. The molecular weight excluding hydrogens is 216 g/mol. The van der Waals surface area contributed by atoms with E-state index in [-0.39, 0.29) is 6.61 Å². The van der Waals surface area contributed by atoms with E-state index in [1.54, 1.807) is 6.08 Å². The van der Waals surface area contributed by atoms with Crippen LogP contribution in [-0.4, -0.2) is 35.6 Å². The third kappa shape index (κ3) is 10.5. The number of hydrogen-bond donors (Lipinski definition) is 2. The van der Waals surface area contributed by atoms with Crippen LogP contribution in [0.2, 0.25) is 0 Å². The van der Waals surface area contributed by atoms with Gasteiger partial charge in [0.05, 0.1) is 19.3 Å². The lowest BCUT2D eigenvalue weighted by Gasteiger charge is -2.17. The Labute approximate surface area is 105 Å². The summed E-state index contributed by atoms with van der Waals surface area (Å²) in [7, 11) is 0. The maximum atomic E-state index is 9.66. The normalized spacial score (nSPS) is 14.5. The summed E-state index contributed by atoms with van der Waals surface area (Å²) in [6.45, 7) is 6.32. The van der Waals surface area contributed by atoms with Crippen molar-refractivity contribution >= 4 is 0 Å². The summed E-state index contributed by atoms with van der Waals surface area (Å²) in [5.41, 5.74) is 0. The molecule has 2 unspecified atom stereocenters. The van der Waals surface area contributed by atoms with Crippen molar-refractivity contribution < 1.29 is 14.9 Å². The van der Waals surface area contributed by atoms with E-state index in [0.29, 0.717) is 13.0 Å². The fourth-order valence-corrected chi connectivity index (χ4v) is 1.71. The molecule has 0 aromatic carbocycles. The molecule has 0 amide bonds. The van der Waals surface area contributed by atoms with Crippen molar-refractivity contribution in [3.05, 3.63) is 12.7 Å². The van der Waals surface area contributed by atoms with Gasteiger partial charge in [0.15, 0.2) is 0 Å². The van der Waals surface area contributed by atoms with Crippen LogP contribution in [0.4, 0.5) is 0 Å². The van der Waals surface area contributed by atoms with Crippen LogP contribution in [0.3, 0.4) is 0 Å². The molecule has 0 saturated carbocycles. The van der Waals surface area contributed by atoms with Crippen molar-refractivity contribution in [3.8, 4) is 0 Å². The second kappa shape index (κ2) is 12.1. The van der Waals surface area contributed by atoms with Gasteiger partial charge in [0.25, 0.3) is 0 Å². The summed E-state index contributed by atoms with van der Waals surface area (Å²) in [6, 6.07) is 0. The molecule has 0 spiro atoms. The lowest BCUT2D eigenvalue weighted by atomic mass is 10.0. The molecule has 102 valence electrons. The number of aliphatic hydroxyl groups excluding tert-OH is 2. The van der Waals surface area contributed by atoms with Crippen LogP contribution < -0.4 is 0 Å². The molecule has 17 heavy (non-hydrogen) atoms. The summed E-state index contributed by atoms with van der Waals surface area (Å²) in [4.78, 5) is 0. The Morgan fingerprint density at radius 3 is 2.35 bits per heavy atom. The van der Waals surface area contributed by atoms with Crippen molar-refractivity contribution in [2.45, 2.75) is 64.1 Å². The predicted octanol–water partition coefficient (Wildman–Crippen LogP) is 2.66. The Morgan fingerprint density at radius 1 is 1.06 bits per heavy atom. The van der Waals surface area contributed by atoms with E-state index >= 15 is 0 Å². The minimum absolute atomic E-state index is 0.184. The van der Waals surface area contributed by atoms with Crippen molar-refractivity contribution in [1.82, 2.24) is 0 Å². The lowest BCUT2D eigenvalue weighted by molar-refractivity contribution is -0.0362. The molecule has 0 aliphatic carbocycles. The van der Waals surface area contributed by atoms with Crippen LogP contribution in [0.15, 0.2) is 12.7 Å². The SMILES string of the molecule is C=CCOCC(O)C(O)CCCCCCCC. The molecular formula is C14H28O3. The molecule has 0 aromatic heterocycles.